The fourth-order valence-corrected chi connectivity index (χ4v) is 12.8. The summed E-state index contributed by atoms with van der Waals surface area (Å²) in [7, 11) is -4.39. The number of nitrogens with two attached hydrogens (primary N) is 1. The second-order valence-electron chi connectivity index (χ2n) is 26.2. The number of ether oxygens (including phenoxy) is 2. The summed E-state index contributed by atoms with van der Waals surface area (Å²) in [6.45, 7) is 3.84. The molecule has 0 rings (SSSR count). The Morgan fingerprint density at radius 2 is 0.576 bits per heavy atom. The van der Waals surface area contributed by atoms with Crippen molar-refractivity contribution in [1.29, 1.82) is 0 Å². The lowest BCUT2D eigenvalue weighted by atomic mass is 10.0. The fourth-order valence-electron chi connectivity index (χ4n) is 12.0. The smallest absolute Gasteiger partial charge is 0.462 e. The fraction of sp³-hybridized carbons (Fsp3) is 0.947. The second-order valence-corrected chi connectivity index (χ2v) is 27.7. The zero-order valence-corrected chi connectivity index (χ0v) is 58.0. The number of phosphoric ester groups is 1. The van der Waals surface area contributed by atoms with Crippen molar-refractivity contribution < 1.29 is 37.6 Å². The summed E-state index contributed by atoms with van der Waals surface area (Å²) in [5.41, 5.74) is 5.41. The predicted molar refractivity (Wildman–Crippen MR) is 368 cm³/mol. The van der Waals surface area contributed by atoms with Crippen LogP contribution in [-0.2, 0) is 32.7 Å². The van der Waals surface area contributed by atoms with Gasteiger partial charge in [0.05, 0.1) is 13.2 Å². The zero-order valence-electron chi connectivity index (χ0n) is 57.1. The summed E-state index contributed by atoms with van der Waals surface area (Å²) >= 11 is 0. The van der Waals surface area contributed by atoms with Crippen molar-refractivity contribution in [2.45, 2.75) is 431 Å². The standard InChI is InChI=1S/C75H148NO8P/c1-3-5-7-9-11-13-15-17-19-21-23-25-27-29-31-33-34-35-36-37-38-40-41-43-45-47-49-51-53-55-57-59-61-63-65-67-74(77)81-71-73(72-83-85(79,80)82-70-69-76)84-75(78)68-66-64-62-60-58-56-54-52-50-48-46-44-42-39-32-30-28-26-24-22-20-18-16-14-12-10-8-6-4-2/h22,24,73H,3-21,23,25-72,76H2,1-2H3,(H,79,80)/b24-22-. The molecule has 0 fully saturated rings. The minimum atomic E-state index is -4.39. The molecule has 0 aromatic heterocycles. The molecule has 0 aliphatic carbocycles. The minimum Gasteiger partial charge on any atom is -0.462 e. The molecule has 0 saturated heterocycles. The van der Waals surface area contributed by atoms with Crippen LogP contribution in [0.25, 0.3) is 0 Å². The number of esters is 2. The highest BCUT2D eigenvalue weighted by atomic mass is 31.2. The van der Waals surface area contributed by atoms with Crippen molar-refractivity contribution in [3.63, 3.8) is 0 Å². The lowest BCUT2D eigenvalue weighted by Gasteiger charge is -2.19. The monoisotopic (exact) mass is 1220 g/mol. The van der Waals surface area contributed by atoms with E-state index in [4.69, 9.17) is 24.3 Å². The van der Waals surface area contributed by atoms with Crippen molar-refractivity contribution in [3.05, 3.63) is 12.2 Å². The summed E-state index contributed by atoms with van der Waals surface area (Å²) in [6, 6.07) is 0. The van der Waals surface area contributed by atoms with Crippen molar-refractivity contribution in [3.8, 4) is 0 Å². The van der Waals surface area contributed by atoms with E-state index >= 15 is 0 Å². The largest absolute Gasteiger partial charge is 0.472 e. The first-order valence-corrected chi connectivity index (χ1v) is 39.7. The van der Waals surface area contributed by atoms with Gasteiger partial charge in [-0.1, -0.05) is 386 Å². The molecule has 0 radical (unpaired) electrons. The van der Waals surface area contributed by atoms with Crippen LogP contribution in [-0.4, -0.2) is 49.3 Å². The van der Waals surface area contributed by atoms with Crippen LogP contribution >= 0.6 is 7.82 Å². The maximum absolute atomic E-state index is 12.8. The zero-order chi connectivity index (χ0) is 61.6. The normalized spacial score (nSPS) is 12.8. The molecule has 0 spiro atoms. The molecule has 85 heavy (non-hydrogen) atoms. The highest BCUT2D eigenvalue weighted by Gasteiger charge is 2.26. The number of hydrogen-bond donors (Lipinski definition) is 2. The third-order valence-electron chi connectivity index (χ3n) is 17.7. The maximum Gasteiger partial charge on any atom is 0.472 e. The quantitative estimate of drug-likeness (QED) is 0.0264. The van der Waals surface area contributed by atoms with Gasteiger partial charge < -0.3 is 20.1 Å². The highest BCUT2D eigenvalue weighted by Crippen LogP contribution is 2.43. The SMILES string of the molecule is CCCCCCCCCC/C=C\CCCCCCCCCCCCCCCCCCCC(=O)OC(COC(=O)CCCCCCCCCCCCCCCCCCCCCCCCCCCCCCCCCCCCC)COP(=O)(O)OCCN. The average molecular weight is 1220 g/mol. The molecule has 10 heteroatoms. The lowest BCUT2D eigenvalue weighted by molar-refractivity contribution is -0.161. The molecule has 0 aliphatic heterocycles. The molecule has 9 nitrogen and oxygen atoms in total. The van der Waals surface area contributed by atoms with Gasteiger partial charge in [0.15, 0.2) is 6.10 Å². The van der Waals surface area contributed by atoms with Gasteiger partial charge in [0.25, 0.3) is 0 Å². The number of carbonyl (C=O) groups excluding carboxylic acids is 2. The second kappa shape index (κ2) is 71.8. The van der Waals surface area contributed by atoms with Crippen molar-refractivity contribution in [2.24, 2.45) is 5.73 Å². The van der Waals surface area contributed by atoms with Gasteiger partial charge in [-0.05, 0) is 38.5 Å². The number of phosphoric acid groups is 1. The van der Waals surface area contributed by atoms with Crippen LogP contribution in [0.5, 0.6) is 0 Å². The van der Waals surface area contributed by atoms with Crippen LogP contribution < -0.4 is 5.73 Å². The predicted octanol–water partition coefficient (Wildman–Crippen LogP) is 25.1. The molecule has 0 bridgehead atoms. The molecule has 2 unspecified atom stereocenters. The van der Waals surface area contributed by atoms with Gasteiger partial charge in [0.2, 0.25) is 0 Å². The molecule has 0 amide bonds. The van der Waals surface area contributed by atoms with Gasteiger partial charge >= 0.3 is 19.8 Å². The van der Waals surface area contributed by atoms with E-state index in [0.717, 1.165) is 32.1 Å². The van der Waals surface area contributed by atoms with Crippen molar-refractivity contribution >= 4 is 19.8 Å². The molecule has 2 atom stereocenters. The molecular weight excluding hydrogens is 1070 g/mol. The maximum atomic E-state index is 12.8. The number of unbranched alkanes of at least 4 members (excludes halogenated alkanes) is 59. The average Bonchev–Trinajstić information content (AvgIpc) is 3.52. The molecule has 0 aromatic rings. The summed E-state index contributed by atoms with van der Waals surface area (Å²) in [5, 5.41) is 0. The molecule has 0 saturated carbocycles. The Hall–Kier alpha value is -1.25. The number of allylic oxidation sites excluding steroid dienone is 2. The van der Waals surface area contributed by atoms with Crippen LogP contribution in [0.15, 0.2) is 12.2 Å². The van der Waals surface area contributed by atoms with Crippen LogP contribution in [0.3, 0.4) is 0 Å². The molecular formula is C75H148NO8P. The van der Waals surface area contributed by atoms with Crippen molar-refractivity contribution in [1.82, 2.24) is 0 Å². The van der Waals surface area contributed by atoms with Gasteiger partial charge in [0, 0.05) is 19.4 Å². The van der Waals surface area contributed by atoms with Crippen LogP contribution in [0, 0.1) is 0 Å². The van der Waals surface area contributed by atoms with E-state index in [1.807, 2.05) is 0 Å². The Kier molecular flexibility index (Phi) is 70.8. The van der Waals surface area contributed by atoms with Gasteiger partial charge in [-0.15, -0.1) is 0 Å². The third kappa shape index (κ3) is 71.7. The van der Waals surface area contributed by atoms with Gasteiger partial charge in [-0.25, -0.2) is 4.57 Å². The number of carbonyl (C=O) groups is 2. The van der Waals surface area contributed by atoms with Gasteiger partial charge in [-0.3, -0.25) is 18.6 Å². The Morgan fingerprint density at radius 3 is 0.835 bits per heavy atom. The van der Waals surface area contributed by atoms with E-state index in [0.29, 0.717) is 6.42 Å². The first-order valence-electron chi connectivity index (χ1n) is 38.2. The van der Waals surface area contributed by atoms with Crippen LogP contribution in [0.2, 0.25) is 0 Å². The summed E-state index contributed by atoms with van der Waals surface area (Å²) in [6.07, 6.45) is 87.8. The van der Waals surface area contributed by atoms with Crippen molar-refractivity contribution in [2.75, 3.05) is 26.4 Å². The van der Waals surface area contributed by atoms with Gasteiger partial charge in [0.1, 0.15) is 6.61 Å². The van der Waals surface area contributed by atoms with E-state index < -0.39 is 26.5 Å². The summed E-state index contributed by atoms with van der Waals surface area (Å²) in [4.78, 5) is 35.4. The topological polar surface area (TPSA) is 134 Å². The third-order valence-corrected chi connectivity index (χ3v) is 18.6. The van der Waals surface area contributed by atoms with Gasteiger partial charge in [-0.2, -0.15) is 0 Å². The van der Waals surface area contributed by atoms with Crippen LogP contribution in [0.1, 0.15) is 425 Å². The molecule has 0 aromatic carbocycles. The molecule has 0 heterocycles. The Balaban J connectivity index is 3.75. The first-order chi connectivity index (χ1) is 41.8. The van der Waals surface area contributed by atoms with E-state index in [-0.39, 0.29) is 38.6 Å². The highest BCUT2D eigenvalue weighted by molar-refractivity contribution is 7.47. The molecule has 506 valence electrons. The first kappa shape index (κ1) is 83.8. The minimum absolute atomic E-state index is 0.0578. The Bertz CT molecular complexity index is 1400. The molecule has 0 aliphatic rings. The summed E-state index contributed by atoms with van der Waals surface area (Å²) in [5.74, 6) is -0.798. The van der Waals surface area contributed by atoms with Crippen LogP contribution in [0.4, 0.5) is 0 Å². The van der Waals surface area contributed by atoms with E-state index in [1.165, 1.54) is 360 Å². The summed E-state index contributed by atoms with van der Waals surface area (Å²) < 4.78 is 33.2. The van der Waals surface area contributed by atoms with E-state index in [2.05, 4.69) is 26.0 Å². The Labute approximate surface area is 530 Å². The number of hydrogen-bond acceptors (Lipinski definition) is 8. The Morgan fingerprint density at radius 1 is 0.341 bits per heavy atom. The lowest BCUT2D eigenvalue weighted by Crippen LogP contribution is -2.29. The number of rotatable bonds is 74. The van der Waals surface area contributed by atoms with E-state index in [1.54, 1.807) is 0 Å². The molecule has 3 N–H and O–H groups in total. The van der Waals surface area contributed by atoms with E-state index in [9.17, 15) is 19.0 Å².